The largest absolute Gasteiger partial charge is 0.353 e. The van der Waals surface area contributed by atoms with Gasteiger partial charge in [-0.1, -0.05) is 6.92 Å². The number of hydrogen-bond donors (Lipinski definition) is 2. The summed E-state index contributed by atoms with van der Waals surface area (Å²) in [7, 11) is 4.10. The van der Waals surface area contributed by atoms with Crippen molar-refractivity contribution in [2.75, 3.05) is 20.6 Å². The van der Waals surface area contributed by atoms with Gasteiger partial charge in [0.15, 0.2) is 0 Å². The average Bonchev–Trinajstić information content (AvgIpc) is 2.25. The van der Waals surface area contributed by atoms with Crippen LogP contribution < -0.4 is 11.1 Å². The van der Waals surface area contributed by atoms with E-state index in [9.17, 15) is 4.79 Å². The second kappa shape index (κ2) is 7.10. The van der Waals surface area contributed by atoms with Crippen LogP contribution in [0.1, 0.15) is 39.5 Å². The molecule has 0 heterocycles. The van der Waals surface area contributed by atoms with Crippen molar-refractivity contribution in [3.05, 3.63) is 0 Å². The van der Waals surface area contributed by atoms with E-state index in [-0.39, 0.29) is 23.9 Å². The second-order valence-electron chi connectivity index (χ2n) is 6.27. The van der Waals surface area contributed by atoms with Gasteiger partial charge in [-0.2, -0.15) is 0 Å². The Morgan fingerprint density at radius 2 is 2.06 bits per heavy atom. The van der Waals surface area contributed by atoms with Crippen molar-refractivity contribution in [3.63, 3.8) is 0 Å². The van der Waals surface area contributed by atoms with Crippen LogP contribution in [0.15, 0.2) is 0 Å². The minimum absolute atomic E-state index is 0.116. The Balaban J connectivity index is 2.35. The van der Waals surface area contributed by atoms with Crippen molar-refractivity contribution >= 4 is 5.91 Å². The van der Waals surface area contributed by atoms with E-state index in [0.717, 1.165) is 32.2 Å². The van der Waals surface area contributed by atoms with Gasteiger partial charge >= 0.3 is 0 Å². The fourth-order valence-corrected chi connectivity index (χ4v) is 2.76. The Hall–Kier alpha value is -0.610. The van der Waals surface area contributed by atoms with Crippen LogP contribution in [0, 0.1) is 11.8 Å². The smallest absolute Gasteiger partial charge is 0.223 e. The fraction of sp³-hybridized carbons (Fsp3) is 0.929. The number of amides is 1. The molecule has 3 N–H and O–H groups in total. The van der Waals surface area contributed by atoms with Gasteiger partial charge < -0.3 is 16.0 Å². The summed E-state index contributed by atoms with van der Waals surface area (Å²) in [5.41, 5.74) is 6.00. The molecule has 0 saturated heterocycles. The molecule has 4 nitrogen and oxygen atoms in total. The molecule has 1 aliphatic rings. The molecular weight excluding hydrogens is 226 g/mol. The maximum atomic E-state index is 12.2. The van der Waals surface area contributed by atoms with Crippen molar-refractivity contribution in [1.82, 2.24) is 10.2 Å². The van der Waals surface area contributed by atoms with Gasteiger partial charge in [-0.15, -0.1) is 0 Å². The van der Waals surface area contributed by atoms with Crippen LogP contribution in [0.25, 0.3) is 0 Å². The third-order valence-electron chi connectivity index (χ3n) is 3.75. The van der Waals surface area contributed by atoms with Crippen LogP contribution in [0.2, 0.25) is 0 Å². The van der Waals surface area contributed by atoms with Crippen molar-refractivity contribution in [3.8, 4) is 0 Å². The number of rotatable bonds is 5. The van der Waals surface area contributed by atoms with Gasteiger partial charge in [0.25, 0.3) is 0 Å². The van der Waals surface area contributed by atoms with Crippen molar-refractivity contribution in [1.29, 1.82) is 0 Å². The highest BCUT2D eigenvalue weighted by Gasteiger charge is 2.29. The minimum atomic E-state index is 0.116. The van der Waals surface area contributed by atoms with Gasteiger partial charge in [-0.25, -0.2) is 0 Å². The normalized spacial score (nSPS) is 30.2. The zero-order chi connectivity index (χ0) is 13.7. The topological polar surface area (TPSA) is 58.4 Å². The summed E-state index contributed by atoms with van der Waals surface area (Å²) >= 11 is 0. The molecule has 0 bridgehead atoms. The highest BCUT2D eigenvalue weighted by atomic mass is 16.1. The van der Waals surface area contributed by atoms with Crippen LogP contribution in [0.5, 0.6) is 0 Å². The molecule has 1 saturated carbocycles. The Kier molecular flexibility index (Phi) is 6.09. The summed E-state index contributed by atoms with van der Waals surface area (Å²) in [5, 5.41) is 3.12. The zero-order valence-corrected chi connectivity index (χ0v) is 12.3. The molecule has 18 heavy (non-hydrogen) atoms. The predicted octanol–water partition coefficient (Wildman–Crippen LogP) is 1.21. The van der Waals surface area contributed by atoms with Crippen molar-refractivity contribution in [2.45, 2.75) is 51.6 Å². The van der Waals surface area contributed by atoms with Crippen molar-refractivity contribution in [2.24, 2.45) is 17.6 Å². The molecule has 106 valence electrons. The first-order chi connectivity index (χ1) is 8.38. The first-order valence-electron chi connectivity index (χ1n) is 7.09. The quantitative estimate of drug-likeness (QED) is 0.776. The summed E-state index contributed by atoms with van der Waals surface area (Å²) < 4.78 is 0. The number of nitrogens with two attached hydrogens (primary N) is 1. The standard InChI is InChI=1S/C14H29N3O/c1-10-7-12(9-13(15)8-10)14(18)16-11(2)5-6-17(3)4/h10-13H,5-9,15H2,1-4H3,(H,16,18). The molecule has 1 rings (SSSR count). The predicted molar refractivity (Wildman–Crippen MR) is 75.3 cm³/mol. The number of carbonyl (C=O) groups is 1. The highest BCUT2D eigenvalue weighted by Crippen LogP contribution is 2.28. The summed E-state index contributed by atoms with van der Waals surface area (Å²) in [6, 6.07) is 0.440. The van der Waals surface area contributed by atoms with Crippen LogP contribution in [0.3, 0.4) is 0 Å². The summed E-state index contributed by atoms with van der Waals surface area (Å²) in [6.07, 6.45) is 3.88. The number of hydrogen-bond acceptors (Lipinski definition) is 3. The lowest BCUT2D eigenvalue weighted by atomic mass is 9.79. The Bertz CT molecular complexity index is 258. The molecule has 0 aliphatic heterocycles. The van der Waals surface area contributed by atoms with Gasteiger partial charge in [0.1, 0.15) is 0 Å². The number of carbonyl (C=O) groups excluding carboxylic acids is 1. The molecule has 0 aromatic heterocycles. The molecule has 4 atom stereocenters. The molecule has 4 unspecified atom stereocenters. The summed E-state index contributed by atoms with van der Waals surface area (Å²) in [5.74, 6) is 0.885. The molecular formula is C14H29N3O. The van der Waals surface area contributed by atoms with E-state index in [4.69, 9.17) is 5.73 Å². The second-order valence-corrected chi connectivity index (χ2v) is 6.27. The lowest BCUT2D eigenvalue weighted by Gasteiger charge is -2.31. The monoisotopic (exact) mass is 255 g/mol. The zero-order valence-electron chi connectivity index (χ0n) is 12.3. The third kappa shape index (κ3) is 5.36. The van der Waals surface area contributed by atoms with Crippen molar-refractivity contribution < 1.29 is 4.79 Å². The van der Waals surface area contributed by atoms with E-state index in [1.807, 2.05) is 0 Å². The molecule has 4 heteroatoms. The third-order valence-corrected chi connectivity index (χ3v) is 3.75. The van der Waals surface area contributed by atoms with Gasteiger partial charge in [-0.05, 0) is 59.2 Å². The van der Waals surface area contributed by atoms with Crippen LogP contribution in [-0.4, -0.2) is 43.5 Å². The van der Waals surface area contributed by atoms with Gasteiger partial charge in [0.2, 0.25) is 5.91 Å². The maximum absolute atomic E-state index is 12.2. The van der Waals surface area contributed by atoms with Gasteiger partial charge in [-0.3, -0.25) is 4.79 Å². The molecule has 0 aromatic carbocycles. The van der Waals surface area contributed by atoms with Gasteiger partial charge in [0, 0.05) is 18.0 Å². The van der Waals surface area contributed by atoms with E-state index < -0.39 is 0 Å². The molecule has 0 radical (unpaired) electrons. The van der Waals surface area contributed by atoms with E-state index in [1.54, 1.807) is 0 Å². The number of nitrogens with one attached hydrogen (secondary N) is 1. The molecule has 0 aromatic rings. The number of nitrogens with zero attached hydrogens (tertiary/aromatic N) is 1. The Labute approximate surface area is 111 Å². The fourth-order valence-electron chi connectivity index (χ4n) is 2.76. The Morgan fingerprint density at radius 3 is 2.61 bits per heavy atom. The molecule has 1 amide bonds. The van der Waals surface area contributed by atoms with E-state index >= 15 is 0 Å². The highest BCUT2D eigenvalue weighted by molar-refractivity contribution is 5.79. The van der Waals surface area contributed by atoms with Gasteiger partial charge in [0.05, 0.1) is 0 Å². The van der Waals surface area contributed by atoms with E-state index in [1.165, 1.54) is 0 Å². The lowest BCUT2D eigenvalue weighted by Crippen LogP contribution is -2.43. The summed E-state index contributed by atoms with van der Waals surface area (Å²) in [6.45, 7) is 5.27. The average molecular weight is 255 g/mol. The molecule has 1 fully saturated rings. The summed E-state index contributed by atoms with van der Waals surface area (Å²) in [4.78, 5) is 14.3. The first-order valence-corrected chi connectivity index (χ1v) is 7.09. The van der Waals surface area contributed by atoms with Crippen LogP contribution >= 0.6 is 0 Å². The van der Waals surface area contributed by atoms with E-state index in [0.29, 0.717) is 5.92 Å². The SMILES string of the molecule is CC1CC(N)CC(C(=O)NC(C)CCN(C)C)C1. The van der Waals surface area contributed by atoms with E-state index in [2.05, 4.69) is 38.2 Å². The molecule has 0 spiro atoms. The Morgan fingerprint density at radius 1 is 1.39 bits per heavy atom. The van der Waals surface area contributed by atoms with Crippen LogP contribution in [0.4, 0.5) is 0 Å². The first kappa shape index (κ1) is 15.4. The maximum Gasteiger partial charge on any atom is 0.223 e. The van der Waals surface area contributed by atoms with Crippen LogP contribution in [-0.2, 0) is 4.79 Å². The molecule has 1 aliphatic carbocycles. The lowest BCUT2D eigenvalue weighted by molar-refractivity contribution is -0.127. The minimum Gasteiger partial charge on any atom is -0.353 e.